The standard InChI is InChI=1S/C40H51N7O4/c1-5-6-26-7-11-28(12-8-26)29-15-17-30(18-16-29)32-20-41-36(42-21-32)31-13-9-27(10-14-31)19-35(39(50)46-23-34(24-46)38(49)45-51)44-37(48)33-22-43-47(25-33)40(2,3)4/h9-10,13-14,17,20-22,25-26,28-29,34-35H,5-8,11-12,15-16,18-19,23-24H2,1-4H3,(H,44,48)/t26?,28?,29?,35-/m0/s1. The number of amides is 3. The molecule has 1 aromatic carbocycles. The number of nitrogens with one attached hydrogen (secondary N) is 1. The van der Waals surface area contributed by atoms with Gasteiger partial charge in [-0.15, -0.1) is 4.91 Å². The molecule has 2 aliphatic carbocycles. The quantitative estimate of drug-likeness (QED) is 0.214. The van der Waals surface area contributed by atoms with E-state index >= 15 is 0 Å². The van der Waals surface area contributed by atoms with Crippen LogP contribution in [0.15, 0.2) is 60.3 Å². The first-order chi connectivity index (χ1) is 24.5. The fraction of sp³-hybridized carbons (Fsp3) is 0.550. The van der Waals surface area contributed by atoms with Gasteiger partial charge in [-0.3, -0.25) is 19.1 Å². The molecule has 11 nitrogen and oxygen atoms in total. The summed E-state index contributed by atoms with van der Waals surface area (Å²) in [5, 5.41) is 9.69. The number of hydrogen-bond acceptors (Lipinski definition) is 7. The van der Waals surface area contributed by atoms with Crippen LogP contribution in [0.1, 0.15) is 107 Å². The largest absolute Gasteiger partial charge is 0.340 e. The topological polar surface area (TPSA) is 140 Å². The summed E-state index contributed by atoms with van der Waals surface area (Å²) in [6, 6.07) is 6.78. The Bertz CT molecular complexity index is 1730. The van der Waals surface area contributed by atoms with Crippen molar-refractivity contribution in [2.45, 2.75) is 103 Å². The lowest BCUT2D eigenvalue weighted by atomic mass is 9.70. The van der Waals surface area contributed by atoms with Crippen molar-refractivity contribution in [1.82, 2.24) is 30.0 Å². The van der Waals surface area contributed by atoms with E-state index < -0.39 is 23.8 Å². The molecule has 0 bridgehead atoms. The van der Waals surface area contributed by atoms with Gasteiger partial charge in [0, 0.05) is 54.4 Å². The number of rotatable bonds is 11. The average molecular weight is 694 g/mol. The summed E-state index contributed by atoms with van der Waals surface area (Å²) in [4.78, 5) is 60.1. The van der Waals surface area contributed by atoms with E-state index in [4.69, 9.17) is 9.97 Å². The summed E-state index contributed by atoms with van der Waals surface area (Å²) in [6.07, 6.45) is 21.4. The molecule has 270 valence electrons. The van der Waals surface area contributed by atoms with Crippen LogP contribution in [0.2, 0.25) is 0 Å². The van der Waals surface area contributed by atoms with E-state index in [1.807, 2.05) is 57.4 Å². The van der Waals surface area contributed by atoms with Crippen molar-refractivity contribution in [1.29, 1.82) is 0 Å². The molecule has 3 aliphatic rings. The van der Waals surface area contributed by atoms with Crippen LogP contribution in [-0.4, -0.2) is 61.5 Å². The predicted octanol–water partition coefficient (Wildman–Crippen LogP) is 6.98. The Hall–Kier alpha value is -4.54. The van der Waals surface area contributed by atoms with Gasteiger partial charge in [0.25, 0.3) is 11.8 Å². The third-order valence-electron chi connectivity index (χ3n) is 11.1. The van der Waals surface area contributed by atoms with Crippen LogP contribution in [-0.2, 0) is 21.5 Å². The van der Waals surface area contributed by atoms with Crippen LogP contribution in [0, 0.1) is 28.6 Å². The molecule has 3 amide bonds. The van der Waals surface area contributed by atoms with Crippen LogP contribution in [0.3, 0.4) is 0 Å². The molecule has 2 aromatic heterocycles. The minimum Gasteiger partial charge on any atom is -0.340 e. The van der Waals surface area contributed by atoms with Crippen molar-refractivity contribution in [3.63, 3.8) is 0 Å². The van der Waals surface area contributed by atoms with Crippen molar-refractivity contribution in [3.8, 4) is 11.4 Å². The molecule has 1 saturated heterocycles. The SMILES string of the molecule is CCCC1CCC(C2CC=C(c3cnc(-c4ccc(C[C@H](NC(=O)c5cnn(C(C)(C)C)c5)C(=O)N5CC(C(=O)N=O)C5)cc4)nc3)CC2)CC1. The molecule has 1 saturated carbocycles. The molecule has 3 heterocycles. The second kappa shape index (κ2) is 15.8. The highest BCUT2D eigenvalue weighted by Crippen LogP contribution is 2.42. The second-order valence-electron chi connectivity index (χ2n) is 15.8. The maximum Gasteiger partial charge on any atom is 0.292 e. The Morgan fingerprint density at radius 3 is 2.24 bits per heavy atom. The summed E-state index contributed by atoms with van der Waals surface area (Å²) in [7, 11) is 0. The number of nitroso groups, excluding NO2 is 1. The number of benzene rings is 1. The van der Waals surface area contributed by atoms with Crippen LogP contribution in [0.5, 0.6) is 0 Å². The zero-order valence-corrected chi connectivity index (χ0v) is 30.4. The molecule has 2 fully saturated rings. The fourth-order valence-electron chi connectivity index (χ4n) is 7.93. The maximum absolute atomic E-state index is 13.5. The molecule has 1 aliphatic heterocycles. The van der Waals surface area contributed by atoms with E-state index in [9.17, 15) is 19.3 Å². The zero-order chi connectivity index (χ0) is 36.1. The lowest BCUT2D eigenvalue weighted by Crippen LogP contribution is -2.59. The normalized spacial score (nSPS) is 21.7. The molecular formula is C40H51N7O4. The van der Waals surface area contributed by atoms with Gasteiger partial charge in [-0.1, -0.05) is 62.9 Å². The number of carbonyl (C=O) groups excluding carboxylic acids is 3. The van der Waals surface area contributed by atoms with Gasteiger partial charge in [-0.2, -0.15) is 5.10 Å². The summed E-state index contributed by atoms with van der Waals surface area (Å²) < 4.78 is 1.70. The highest BCUT2D eigenvalue weighted by atomic mass is 16.3. The zero-order valence-electron chi connectivity index (χ0n) is 30.4. The minimum atomic E-state index is -0.892. The van der Waals surface area contributed by atoms with Crippen molar-refractivity contribution < 1.29 is 14.4 Å². The van der Waals surface area contributed by atoms with Gasteiger partial charge < -0.3 is 10.2 Å². The number of nitrogens with zero attached hydrogens (tertiary/aromatic N) is 6. The van der Waals surface area contributed by atoms with E-state index in [0.29, 0.717) is 11.4 Å². The Morgan fingerprint density at radius 2 is 1.65 bits per heavy atom. The number of likely N-dealkylation sites (tertiary alicyclic amines) is 1. The van der Waals surface area contributed by atoms with E-state index in [2.05, 4.69) is 28.6 Å². The molecule has 51 heavy (non-hydrogen) atoms. The van der Waals surface area contributed by atoms with E-state index in [-0.39, 0.29) is 31.0 Å². The highest BCUT2D eigenvalue weighted by Gasteiger charge is 2.39. The van der Waals surface area contributed by atoms with Gasteiger partial charge in [-0.05, 0) is 81.8 Å². The Morgan fingerprint density at radius 1 is 0.941 bits per heavy atom. The predicted molar refractivity (Wildman–Crippen MR) is 196 cm³/mol. The summed E-state index contributed by atoms with van der Waals surface area (Å²) in [5.74, 6) is 1.13. The van der Waals surface area contributed by atoms with Gasteiger partial charge in [0.05, 0.1) is 23.2 Å². The first kappa shape index (κ1) is 36.3. The molecule has 1 unspecified atom stereocenters. The van der Waals surface area contributed by atoms with Crippen LogP contribution >= 0.6 is 0 Å². The number of carbonyl (C=O) groups is 3. The molecule has 2 atom stereocenters. The Labute approximate surface area is 300 Å². The Balaban J connectivity index is 1.08. The third-order valence-corrected chi connectivity index (χ3v) is 11.1. The van der Waals surface area contributed by atoms with Crippen molar-refractivity contribution in [3.05, 3.63) is 76.7 Å². The molecule has 3 aromatic rings. The molecule has 0 spiro atoms. The molecular weight excluding hydrogens is 642 g/mol. The second-order valence-corrected chi connectivity index (χ2v) is 15.8. The first-order valence-electron chi connectivity index (χ1n) is 18.6. The fourth-order valence-corrected chi connectivity index (χ4v) is 7.93. The average Bonchev–Trinajstić information content (AvgIpc) is 3.64. The number of aromatic nitrogens is 4. The van der Waals surface area contributed by atoms with Crippen molar-refractivity contribution in [2.75, 3.05) is 13.1 Å². The monoisotopic (exact) mass is 693 g/mol. The van der Waals surface area contributed by atoms with E-state index in [1.54, 1.807) is 10.9 Å². The number of hydrogen-bond donors (Lipinski definition) is 1. The molecule has 11 heteroatoms. The van der Waals surface area contributed by atoms with Gasteiger partial charge in [0.15, 0.2) is 5.82 Å². The molecule has 6 rings (SSSR count). The van der Waals surface area contributed by atoms with Gasteiger partial charge in [0.2, 0.25) is 5.91 Å². The number of allylic oxidation sites excluding steroid dienone is 2. The van der Waals surface area contributed by atoms with Crippen LogP contribution in [0.25, 0.3) is 17.0 Å². The minimum absolute atomic E-state index is 0.0987. The van der Waals surface area contributed by atoms with Crippen molar-refractivity contribution in [2.24, 2.45) is 28.8 Å². The van der Waals surface area contributed by atoms with Gasteiger partial charge in [0.1, 0.15) is 6.04 Å². The van der Waals surface area contributed by atoms with E-state index in [1.165, 1.54) is 61.6 Å². The lowest BCUT2D eigenvalue weighted by molar-refractivity contribution is -0.143. The van der Waals surface area contributed by atoms with Crippen LogP contribution < -0.4 is 5.32 Å². The Kier molecular flexibility index (Phi) is 11.2. The van der Waals surface area contributed by atoms with Crippen molar-refractivity contribution >= 4 is 23.3 Å². The maximum atomic E-state index is 13.5. The summed E-state index contributed by atoms with van der Waals surface area (Å²) >= 11 is 0. The van der Waals surface area contributed by atoms with Gasteiger partial charge >= 0.3 is 0 Å². The van der Waals surface area contributed by atoms with Crippen LogP contribution in [0.4, 0.5) is 0 Å². The van der Waals surface area contributed by atoms with E-state index in [0.717, 1.165) is 47.3 Å². The first-order valence-corrected chi connectivity index (χ1v) is 18.6. The van der Waals surface area contributed by atoms with Gasteiger partial charge in [-0.25, -0.2) is 9.97 Å². The molecule has 0 radical (unpaired) electrons. The lowest BCUT2D eigenvalue weighted by Gasteiger charge is -2.39. The highest BCUT2D eigenvalue weighted by molar-refractivity contribution is 5.97. The summed E-state index contributed by atoms with van der Waals surface area (Å²) in [5.41, 5.74) is 4.15. The third kappa shape index (κ3) is 8.68. The summed E-state index contributed by atoms with van der Waals surface area (Å²) in [6.45, 7) is 8.44. The molecule has 1 N–H and O–H groups in total. The smallest absolute Gasteiger partial charge is 0.292 e.